The molecule has 3 N–H and O–H groups in total. The minimum Gasteiger partial charge on any atom is -0.370 e. The van der Waals surface area contributed by atoms with Crippen LogP contribution in [0.25, 0.3) is 0 Å². The van der Waals surface area contributed by atoms with E-state index in [0.717, 1.165) is 25.9 Å². The van der Waals surface area contributed by atoms with Gasteiger partial charge in [0.05, 0.1) is 0 Å². The van der Waals surface area contributed by atoms with E-state index >= 15 is 0 Å². The second-order valence-electron chi connectivity index (χ2n) is 4.37. The second kappa shape index (κ2) is 9.19. The molecule has 0 bridgehead atoms. The summed E-state index contributed by atoms with van der Waals surface area (Å²) in [7, 11) is 0. The molecule has 0 radical (unpaired) electrons. The summed E-state index contributed by atoms with van der Waals surface area (Å²) in [5.74, 6) is 0.552. The number of hydrogen-bond acceptors (Lipinski definition) is 1. The highest BCUT2D eigenvalue weighted by Crippen LogP contribution is 2.10. The number of hydrogen-bond donors (Lipinski definition) is 2. The van der Waals surface area contributed by atoms with Crippen LogP contribution in [0.4, 0.5) is 0 Å². The van der Waals surface area contributed by atoms with Crippen LogP contribution >= 0.6 is 24.0 Å². The van der Waals surface area contributed by atoms with Gasteiger partial charge in [0.15, 0.2) is 5.96 Å². The van der Waals surface area contributed by atoms with Crippen molar-refractivity contribution < 1.29 is 0 Å². The van der Waals surface area contributed by atoms with Crippen LogP contribution in [0.5, 0.6) is 0 Å². The molecule has 0 saturated heterocycles. The van der Waals surface area contributed by atoms with Crippen LogP contribution in [0.3, 0.4) is 0 Å². The van der Waals surface area contributed by atoms with E-state index in [1.807, 2.05) is 0 Å². The van der Waals surface area contributed by atoms with Crippen molar-refractivity contribution >= 4 is 29.9 Å². The van der Waals surface area contributed by atoms with E-state index in [1.54, 1.807) is 0 Å². The molecule has 1 aromatic carbocycles. The van der Waals surface area contributed by atoms with Gasteiger partial charge in [0.2, 0.25) is 0 Å². The Morgan fingerprint density at radius 2 is 2.06 bits per heavy atom. The fourth-order valence-corrected chi connectivity index (χ4v) is 1.74. The van der Waals surface area contributed by atoms with Crippen molar-refractivity contribution in [3.63, 3.8) is 0 Å². The number of rotatable bonds is 5. The van der Waals surface area contributed by atoms with Gasteiger partial charge in [0.1, 0.15) is 0 Å². The van der Waals surface area contributed by atoms with Crippen LogP contribution in [0.1, 0.15) is 30.0 Å². The van der Waals surface area contributed by atoms with Crippen LogP contribution < -0.4 is 11.1 Å². The molecule has 3 nitrogen and oxygen atoms in total. The summed E-state index contributed by atoms with van der Waals surface area (Å²) >= 11 is 0. The number of nitrogens with one attached hydrogen (secondary N) is 1. The van der Waals surface area contributed by atoms with Crippen molar-refractivity contribution in [1.29, 1.82) is 0 Å². The number of guanidine groups is 1. The van der Waals surface area contributed by atoms with Gasteiger partial charge in [-0.1, -0.05) is 30.7 Å². The van der Waals surface area contributed by atoms with Gasteiger partial charge in [0.25, 0.3) is 0 Å². The molecule has 102 valence electrons. The first-order chi connectivity index (χ1) is 8.13. The lowest BCUT2D eigenvalue weighted by Gasteiger charge is -2.08. The summed E-state index contributed by atoms with van der Waals surface area (Å²) in [6.45, 7) is 7.99. The summed E-state index contributed by atoms with van der Waals surface area (Å²) in [4.78, 5) is 4.19. The first kappa shape index (κ1) is 17.2. The van der Waals surface area contributed by atoms with Crippen molar-refractivity contribution in [2.24, 2.45) is 10.7 Å². The zero-order valence-corrected chi connectivity index (χ0v) is 13.8. The number of aryl methyl sites for hydroxylation is 2. The van der Waals surface area contributed by atoms with Gasteiger partial charge in [-0.3, -0.25) is 4.99 Å². The number of nitrogens with two attached hydrogens (primary N) is 1. The van der Waals surface area contributed by atoms with Gasteiger partial charge in [-0.2, -0.15) is 0 Å². The van der Waals surface area contributed by atoms with Gasteiger partial charge >= 0.3 is 0 Å². The number of aliphatic imine (C=N–C) groups is 1. The van der Waals surface area contributed by atoms with Crippen molar-refractivity contribution in [3.05, 3.63) is 34.9 Å². The number of halogens is 1. The van der Waals surface area contributed by atoms with Crippen molar-refractivity contribution in [1.82, 2.24) is 5.32 Å². The van der Waals surface area contributed by atoms with Gasteiger partial charge in [-0.25, -0.2) is 0 Å². The molecular formula is C14H24IN3. The summed E-state index contributed by atoms with van der Waals surface area (Å²) in [6, 6.07) is 6.55. The monoisotopic (exact) mass is 361 g/mol. The van der Waals surface area contributed by atoms with E-state index in [2.05, 4.69) is 49.3 Å². The summed E-state index contributed by atoms with van der Waals surface area (Å²) < 4.78 is 0. The molecule has 4 heteroatoms. The van der Waals surface area contributed by atoms with Crippen molar-refractivity contribution in [3.8, 4) is 0 Å². The van der Waals surface area contributed by atoms with E-state index in [-0.39, 0.29) is 24.0 Å². The molecule has 18 heavy (non-hydrogen) atoms. The van der Waals surface area contributed by atoms with Gasteiger partial charge < -0.3 is 11.1 Å². The quantitative estimate of drug-likeness (QED) is 0.481. The molecular weight excluding hydrogens is 337 g/mol. The molecule has 0 spiro atoms. The van der Waals surface area contributed by atoms with Crippen LogP contribution in [0.15, 0.2) is 23.2 Å². The van der Waals surface area contributed by atoms with E-state index < -0.39 is 0 Å². The van der Waals surface area contributed by atoms with Crippen LogP contribution in [0, 0.1) is 13.8 Å². The van der Waals surface area contributed by atoms with E-state index in [4.69, 9.17) is 5.73 Å². The Kier molecular flexibility index (Phi) is 8.79. The van der Waals surface area contributed by atoms with E-state index in [9.17, 15) is 0 Å². The molecule has 0 saturated carbocycles. The largest absolute Gasteiger partial charge is 0.370 e. The molecule has 0 atom stereocenters. The Bertz CT molecular complexity index is 389. The first-order valence-corrected chi connectivity index (χ1v) is 6.23. The summed E-state index contributed by atoms with van der Waals surface area (Å²) in [6.07, 6.45) is 2.01. The lowest BCUT2D eigenvalue weighted by molar-refractivity contribution is 0.835. The molecule has 0 aromatic heterocycles. The van der Waals surface area contributed by atoms with Crippen molar-refractivity contribution in [2.75, 3.05) is 13.1 Å². The predicted octanol–water partition coefficient (Wildman–Crippen LogP) is 2.78. The van der Waals surface area contributed by atoms with Crippen LogP contribution in [0.2, 0.25) is 0 Å². The molecule has 0 fully saturated rings. The van der Waals surface area contributed by atoms with E-state index in [0.29, 0.717) is 5.96 Å². The number of nitrogens with zero attached hydrogens (tertiary/aromatic N) is 1. The maximum Gasteiger partial charge on any atom is 0.188 e. The van der Waals surface area contributed by atoms with Gasteiger partial charge in [-0.05, 0) is 37.8 Å². The third-order valence-corrected chi connectivity index (χ3v) is 2.70. The zero-order chi connectivity index (χ0) is 12.7. The molecule has 0 aliphatic carbocycles. The minimum atomic E-state index is 0. The average molecular weight is 361 g/mol. The molecule has 1 rings (SSSR count). The summed E-state index contributed by atoms with van der Waals surface area (Å²) in [5.41, 5.74) is 9.74. The van der Waals surface area contributed by atoms with E-state index in [1.165, 1.54) is 16.7 Å². The fourth-order valence-electron chi connectivity index (χ4n) is 1.74. The Labute approximate surface area is 127 Å². The third-order valence-electron chi connectivity index (χ3n) is 2.70. The average Bonchev–Trinajstić information content (AvgIpc) is 2.29. The van der Waals surface area contributed by atoms with Crippen molar-refractivity contribution in [2.45, 2.75) is 33.6 Å². The van der Waals surface area contributed by atoms with Gasteiger partial charge in [0, 0.05) is 13.1 Å². The first-order valence-electron chi connectivity index (χ1n) is 6.23. The standard InChI is InChI=1S/C14H23N3.HI/c1-4-8-16-14(15)17-9-7-13-6-5-11(2)10-12(13)3;/h5-6,10H,4,7-9H2,1-3H3,(H3,15,16,17);1H. The van der Waals surface area contributed by atoms with Crippen LogP contribution in [-0.4, -0.2) is 19.0 Å². The lowest BCUT2D eigenvalue weighted by atomic mass is 10.0. The lowest BCUT2D eigenvalue weighted by Crippen LogP contribution is -2.33. The van der Waals surface area contributed by atoms with Crippen LogP contribution in [-0.2, 0) is 6.42 Å². The molecule has 0 aliphatic heterocycles. The zero-order valence-electron chi connectivity index (χ0n) is 11.5. The Balaban J connectivity index is 0.00000289. The van der Waals surface area contributed by atoms with Gasteiger partial charge in [-0.15, -0.1) is 24.0 Å². The molecule has 1 aromatic rings. The molecule has 0 heterocycles. The normalized spacial score (nSPS) is 10.9. The third kappa shape index (κ3) is 6.23. The SMILES string of the molecule is CCCN=C(N)NCCc1ccc(C)cc1C.I. The Morgan fingerprint density at radius 3 is 2.67 bits per heavy atom. The fraction of sp³-hybridized carbons (Fsp3) is 0.500. The predicted molar refractivity (Wildman–Crippen MR) is 89.8 cm³/mol. The second-order valence-corrected chi connectivity index (χ2v) is 4.37. The topological polar surface area (TPSA) is 50.4 Å². The highest BCUT2D eigenvalue weighted by molar-refractivity contribution is 14.0. The maximum absolute atomic E-state index is 5.72. The number of benzene rings is 1. The molecule has 0 aliphatic rings. The Morgan fingerprint density at radius 1 is 1.33 bits per heavy atom. The highest BCUT2D eigenvalue weighted by Gasteiger charge is 1.98. The molecule has 0 unspecified atom stereocenters. The smallest absolute Gasteiger partial charge is 0.188 e. The maximum atomic E-state index is 5.72. The summed E-state index contributed by atoms with van der Waals surface area (Å²) in [5, 5.41) is 3.14. The highest BCUT2D eigenvalue weighted by atomic mass is 127. The molecule has 0 amide bonds. The Hall–Kier alpha value is -0.780. The minimum absolute atomic E-state index is 0.